The summed E-state index contributed by atoms with van der Waals surface area (Å²) in [6.45, 7) is 1.49. The summed E-state index contributed by atoms with van der Waals surface area (Å²) in [5.41, 5.74) is 11.0. The third-order valence-corrected chi connectivity index (χ3v) is 4.35. The summed E-state index contributed by atoms with van der Waals surface area (Å²) in [6.07, 6.45) is -11.7. The maximum atomic E-state index is 10.2. The first-order valence-corrected chi connectivity index (χ1v) is 7.58. The minimum Gasteiger partial charge on any atom is -0.388 e. The summed E-state index contributed by atoms with van der Waals surface area (Å²) in [6, 6.07) is 0. The highest BCUT2D eigenvalue weighted by atomic mass is 16.7. The molecule has 0 amide bonds. The number of aliphatic hydroxyl groups is 5. The second-order valence-electron chi connectivity index (χ2n) is 5.95. The predicted octanol–water partition coefficient (Wildman–Crippen LogP) is -4.39. The molecule has 0 aromatic rings. The van der Waals surface area contributed by atoms with Gasteiger partial charge in [0.15, 0.2) is 6.29 Å². The molecule has 2 fully saturated rings. The highest BCUT2D eigenvalue weighted by Gasteiger charge is 2.49. The monoisotopic (exact) mass is 338 g/mol. The van der Waals surface area contributed by atoms with E-state index in [4.69, 9.17) is 25.7 Å². The Hall–Kier alpha value is -0.400. The van der Waals surface area contributed by atoms with Gasteiger partial charge in [0.25, 0.3) is 0 Å². The van der Waals surface area contributed by atoms with Crippen LogP contribution < -0.4 is 11.5 Å². The van der Waals surface area contributed by atoms with Gasteiger partial charge >= 0.3 is 0 Å². The lowest BCUT2D eigenvalue weighted by Crippen LogP contribution is -2.64. The predicted molar refractivity (Wildman–Crippen MR) is 76.0 cm³/mol. The fraction of sp³-hybridized carbons (Fsp3) is 1.00. The van der Waals surface area contributed by atoms with Crippen LogP contribution in [0.1, 0.15) is 6.92 Å². The Morgan fingerprint density at radius 3 is 1.96 bits per heavy atom. The van der Waals surface area contributed by atoms with E-state index in [0.717, 1.165) is 0 Å². The SMILES string of the molecule is CC1OC(CN)[C@@H](O[C@@H]2OC(CN)[C@H](O)C(O)C2O)C(O)C1O. The molecule has 23 heavy (non-hydrogen) atoms. The van der Waals surface area contributed by atoms with Crippen molar-refractivity contribution in [3.63, 3.8) is 0 Å². The molecule has 0 aromatic carbocycles. The Morgan fingerprint density at radius 1 is 0.783 bits per heavy atom. The number of hydrogen-bond acceptors (Lipinski definition) is 10. The van der Waals surface area contributed by atoms with Crippen molar-refractivity contribution in [1.82, 2.24) is 0 Å². The van der Waals surface area contributed by atoms with E-state index in [1.165, 1.54) is 0 Å². The van der Waals surface area contributed by atoms with Crippen molar-refractivity contribution < 1.29 is 39.7 Å². The summed E-state index contributed by atoms with van der Waals surface area (Å²) in [4.78, 5) is 0. The lowest BCUT2D eigenvalue weighted by molar-refractivity contribution is -0.335. The summed E-state index contributed by atoms with van der Waals surface area (Å²) in [5.74, 6) is 0. The lowest BCUT2D eigenvalue weighted by Gasteiger charge is -2.45. The van der Waals surface area contributed by atoms with Gasteiger partial charge in [0.05, 0.1) is 12.2 Å². The van der Waals surface area contributed by atoms with E-state index in [1.807, 2.05) is 0 Å². The molecule has 2 aliphatic heterocycles. The van der Waals surface area contributed by atoms with Crippen LogP contribution in [-0.2, 0) is 14.2 Å². The molecule has 10 nitrogen and oxygen atoms in total. The molecule has 10 heteroatoms. The Balaban J connectivity index is 2.11. The number of rotatable bonds is 4. The molecular weight excluding hydrogens is 312 g/mol. The van der Waals surface area contributed by atoms with Crippen LogP contribution >= 0.6 is 0 Å². The lowest BCUT2D eigenvalue weighted by atomic mass is 9.94. The molecule has 0 bridgehead atoms. The Labute approximate surface area is 133 Å². The van der Waals surface area contributed by atoms with E-state index in [9.17, 15) is 25.5 Å². The molecule has 0 saturated carbocycles. The zero-order valence-electron chi connectivity index (χ0n) is 12.8. The smallest absolute Gasteiger partial charge is 0.187 e. The minimum atomic E-state index is -1.56. The molecule has 0 aliphatic carbocycles. The van der Waals surface area contributed by atoms with Gasteiger partial charge in [0, 0.05) is 13.1 Å². The molecule has 7 unspecified atom stereocenters. The van der Waals surface area contributed by atoms with Crippen molar-refractivity contribution in [1.29, 1.82) is 0 Å². The van der Waals surface area contributed by atoms with Gasteiger partial charge < -0.3 is 51.2 Å². The molecule has 136 valence electrons. The number of aliphatic hydroxyl groups excluding tert-OH is 5. The Morgan fingerprint density at radius 2 is 1.39 bits per heavy atom. The van der Waals surface area contributed by atoms with E-state index < -0.39 is 61.2 Å². The molecular formula is C13H26N2O8. The molecule has 9 N–H and O–H groups in total. The van der Waals surface area contributed by atoms with E-state index in [2.05, 4.69) is 0 Å². The van der Waals surface area contributed by atoms with Crippen molar-refractivity contribution in [3.05, 3.63) is 0 Å². The zero-order valence-corrected chi connectivity index (χ0v) is 12.8. The van der Waals surface area contributed by atoms with Gasteiger partial charge in [-0.3, -0.25) is 0 Å². The molecule has 0 radical (unpaired) electrons. The maximum Gasteiger partial charge on any atom is 0.187 e. The van der Waals surface area contributed by atoms with Gasteiger partial charge in [-0.1, -0.05) is 0 Å². The summed E-state index contributed by atoms with van der Waals surface area (Å²) < 4.78 is 16.3. The third-order valence-electron chi connectivity index (χ3n) is 4.35. The first-order chi connectivity index (χ1) is 10.8. The second kappa shape index (κ2) is 7.66. The van der Waals surface area contributed by atoms with Crippen molar-refractivity contribution in [2.24, 2.45) is 11.5 Å². The summed E-state index contributed by atoms with van der Waals surface area (Å²) in [7, 11) is 0. The van der Waals surface area contributed by atoms with Gasteiger partial charge in [0.1, 0.15) is 42.7 Å². The standard InChI is InChI=1S/C13H26N2O8/c1-4-7(16)10(19)12(6(3-15)21-4)23-13-11(20)9(18)8(17)5(2-14)22-13/h4-13,16-20H,2-3,14-15H2,1H3/t4?,5?,6?,7?,8-,9?,10?,11?,12+,13-/m0/s1. The average molecular weight is 338 g/mol. The number of ether oxygens (including phenoxy) is 3. The van der Waals surface area contributed by atoms with E-state index >= 15 is 0 Å². The van der Waals surface area contributed by atoms with E-state index in [0.29, 0.717) is 0 Å². The molecule has 0 spiro atoms. The molecule has 0 aromatic heterocycles. The number of nitrogens with two attached hydrogens (primary N) is 2. The zero-order chi connectivity index (χ0) is 17.3. The van der Waals surface area contributed by atoms with Gasteiger partial charge in [0.2, 0.25) is 0 Å². The maximum absolute atomic E-state index is 10.2. The largest absolute Gasteiger partial charge is 0.388 e. The quantitative estimate of drug-likeness (QED) is 0.264. The van der Waals surface area contributed by atoms with Crippen molar-refractivity contribution in [2.45, 2.75) is 68.1 Å². The Kier molecular flexibility index (Phi) is 6.30. The van der Waals surface area contributed by atoms with Gasteiger partial charge in [-0.25, -0.2) is 0 Å². The van der Waals surface area contributed by atoms with Crippen LogP contribution in [0.2, 0.25) is 0 Å². The highest BCUT2D eigenvalue weighted by Crippen LogP contribution is 2.28. The van der Waals surface area contributed by atoms with Gasteiger partial charge in [-0.2, -0.15) is 0 Å². The topological polar surface area (TPSA) is 181 Å². The third kappa shape index (κ3) is 3.66. The van der Waals surface area contributed by atoms with Crippen molar-refractivity contribution >= 4 is 0 Å². The first-order valence-electron chi connectivity index (χ1n) is 7.58. The molecule has 2 saturated heterocycles. The molecule has 2 heterocycles. The summed E-state index contributed by atoms with van der Waals surface area (Å²) in [5, 5.41) is 49.7. The van der Waals surface area contributed by atoms with Crippen LogP contribution in [-0.4, -0.2) is 99.8 Å². The van der Waals surface area contributed by atoms with Crippen LogP contribution in [0.5, 0.6) is 0 Å². The van der Waals surface area contributed by atoms with Crippen LogP contribution in [0, 0.1) is 0 Å². The molecule has 10 atom stereocenters. The Bertz CT molecular complexity index is 385. The van der Waals surface area contributed by atoms with Crippen LogP contribution in [0.15, 0.2) is 0 Å². The summed E-state index contributed by atoms with van der Waals surface area (Å²) >= 11 is 0. The first kappa shape index (κ1) is 18.9. The second-order valence-corrected chi connectivity index (χ2v) is 5.95. The molecule has 2 rings (SSSR count). The van der Waals surface area contributed by atoms with Crippen LogP contribution in [0.3, 0.4) is 0 Å². The highest BCUT2D eigenvalue weighted by molar-refractivity contribution is 4.95. The average Bonchev–Trinajstić information content (AvgIpc) is 2.55. The van der Waals surface area contributed by atoms with Gasteiger partial charge in [-0.05, 0) is 6.92 Å². The van der Waals surface area contributed by atoms with E-state index in [1.54, 1.807) is 6.92 Å². The normalized spacial score (nSPS) is 51.7. The fourth-order valence-corrected chi connectivity index (χ4v) is 2.86. The van der Waals surface area contributed by atoms with Gasteiger partial charge in [-0.15, -0.1) is 0 Å². The van der Waals surface area contributed by atoms with Crippen LogP contribution in [0.25, 0.3) is 0 Å². The van der Waals surface area contributed by atoms with Crippen molar-refractivity contribution in [2.75, 3.05) is 13.1 Å². The molecule has 2 aliphatic rings. The van der Waals surface area contributed by atoms with E-state index in [-0.39, 0.29) is 13.1 Å². The number of hydrogen-bond donors (Lipinski definition) is 7. The van der Waals surface area contributed by atoms with Crippen LogP contribution in [0.4, 0.5) is 0 Å². The minimum absolute atomic E-state index is 0.00704. The fourth-order valence-electron chi connectivity index (χ4n) is 2.86. The van der Waals surface area contributed by atoms with Crippen molar-refractivity contribution in [3.8, 4) is 0 Å².